The number of aryl methyl sites for hydroxylation is 6. The van der Waals surface area contributed by atoms with Crippen LogP contribution in [0, 0.1) is 41.5 Å². The largest absolute Gasteiger partial charge is 0.340 e. The van der Waals surface area contributed by atoms with E-state index >= 15 is 0 Å². The van der Waals surface area contributed by atoms with Crippen LogP contribution in [0.15, 0.2) is 54.6 Å². The summed E-state index contributed by atoms with van der Waals surface area (Å²) in [6.45, 7) is 11.1. The van der Waals surface area contributed by atoms with Crippen LogP contribution < -0.4 is 0 Å². The Kier molecular flexibility index (Phi) is 7.51. The molecule has 0 fully saturated rings. The number of rotatable bonds is 8. The Bertz CT molecular complexity index is 1140. The molecule has 0 radical (unpaired) electrons. The molecule has 0 aliphatic heterocycles. The number of carbonyl (C=O) groups is 2. The van der Waals surface area contributed by atoms with E-state index in [-0.39, 0.29) is 6.61 Å². The molecule has 172 valence electrons. The average Bonchev–Trinajstić information content (AvgIpc) is 2.72. The third-order valence-electron chi connectivity index (χ3n) is 5.82. The van der Waals surface area contributed by atoms with Crippen molar-refractivity contribution in [2.24, 2.45) is 0 Å². The lowest BCUT2D eigenvalue weighted by molar-refractivity contribution is 0.0994. The molecule has 3 aromatic carbocycles. The second-order valence-electron chi connectivity index (χ2n) is 8.78. The minimum absolute atomic E-state index is 0.00663. The van der Waals surface area contributed by atoms with Gasteiger partial charge in [0.1, 0.15) is 0 Å². The van der Waals surface area contributed by atoms with Gasteiger partial charge in [0.25, 0.3) is 11.0 Å². The van der Waals surface area contributed by atoms with Gasteiger partial charge in [-0.2, -0.15) is 0 Å². The Hall–Kier alpha value is -2.81. The van der Waals surface area contributed by atoms with Gasteiger partial charge in [-0.3, -0.25) is 14.2 Å². The van der Waals surface area contributed by atoms with E-state index in [9.17, 15) is 14.2 Å². The fourth-order valence-corrected chi connectivity index (χ4v) is 6.54. The maximum atomic E-state index is 14.3. The molecule has 0 bridgehead atoms. The van der Waals surface area contributed by atoms with Gasteiger partial charge in [-0.05, 0) is 75.8 Å². The molecule has 3 aromatic rings. The Morgan fingerprint density at radius 3 is 1.48 bits per heavy atom. The van der Waals surface area contributed by atoms with Crippen molar-refractivity contribution in [2.45, 2.75) is 48.0 Å². The predicted molar refractivity (Wildman–Crippen MR) is 134 cm³/mol. The molecule has 0 saturated carbocycles. The molecular formula is C28H31O4P. The number of hydrogen-bond donors (Lipinski definition) is 0. The van der Waals surface area contributed by atoms with Gasteiger partial charge in [-0.25, -0.2) is 0 Å². The van der Waals surface area contributed by atoms with Crippen LogP contribution in [0.4, 0.5) is 0 Å². The van der Waals surface area contributed by atoms with Crippen molar-refractivity contribution in [1.29, 1.82) is 0 Å². The van der Waals surface area contributed by atoms with Gasteiger partial charge in [0.2, 0.25) is 0 Å². The van der Waals surface area contributed by atoms with Crippen molar-refractivity contribution in [2.75, 3.05) is 6.61 Å². The highest BCUT2D eigenvalue weighted by molar-refractivity contribution is 7.91. The first kappa shape index (κ1) is 24.8. The van der Waals surface area contributed by atoms with Crippen LogP contribution in [0.25, 0.3) is 0 Å². The average molecular weight is 463 g/mol. The normalized spacial score (nSPS) is 11.5. The van der Waals surface area contributed by atoms with Gasteiger partial charge in [-0.15, -0.1) is 0 Å². The summed E-state index contributed by atoms with van der Waals surface area (Å²) < 4.78 is 20.1. The third-order valence-corrected chi connectivity index (χ3v) is 7.89. The second-order valence-corrected chi connectivity index (χ2v) is 11.0. The zero-order valence-electron chi connectivity index (χ0n) is 20.2. The van der Waals surface area contributed by atoms with E-state index in [1.165, 1.54) is 0 Å². The molecule has 3 rings (SSSR count). The van der Waals surface area contributed by atoms with E-state index in [2.05, 4.69) is 0 Å². The van der Waals surface area contributed by atoms with Gasteiger partial charge in [0, 0.05) is 11.1 Å². The van der Waals surface area contributed by atoms with Gasteiger partial charge in [-0.1, -0.05) is 65.7 Å². The molecule has 0 aliphatic carbocycles. The third kappa shape index (κ3) is 5.24. The van der Waals surface area contributed by atoms with Crippen LogP contribution >= 0.6 is 7.37 Å². The molecule has 0 heterocycles. The van der Waals surface area contributed by atoms with Crippen LogP contribution in [0.5, 0.6) is 0 Å². The fourth-order valence-electron chi connectivity index (χ4n) is 4.48. The molecular weight excluding hydrogens is 431 g/mol. The Morgan fingerprint density at radius 2 is 1.09 bits per heavy atom. The van der Waals surface area contributed by atoms with Crippen LogP contribution in [-0.4, -0.2) is 17.7 Å². The minimum atomic E-state index is -4.40. The second kappa shape index (κ2) is 9.99. The first-order chi connectivity index (χ1) is 15.5. The first-order valence-corrected chi connectivity index (χ1v) is 12.7. The van der Waals surface area contributed by atoms with Crippen molar-refractivity contribution in [3.05, 3.63) is 105 Å². The molecule has 4 nitrogen and oxygen atoms in total. The maximum absolute atomic E-state index is 14.3. The summed E-state index contributed by atoms with van der Waals surface area (Å²) in [5.41, 5.74) is 4.89. The van der Waals surface area contributed by atoms with E-state index in [0.717, 1.165) is 16.7 Å². The molecule has 0 amide bonds. The van der Waals surface area contributed by atoms with Crippen molar-refractivity contribution in [3.63, 3.8) is 0 Å². The Labute approximate surface area is 196 Å². The molecule has 0 aromatic heterocycles. The molecule has 0 aliphatic rings. The molecule has 0 unspecified atom stereocenters. The van der Waals surface area contributed by atoms with E-state index in [4.69, 9.17) is 4.52 Å². The van der Waals surface area contributed by atoms with E-state index in [1.807, 2.05) is 68.4 Å². The van der Waals surface area contributed by atoms with Crippen LogP contribution in [-0.2, 0) is 15.5 Å². The lowest BCUT2D eigenvalue weighted by Crippen LogP contribution is -2.18. The summed E-state index contributed by atoms with van der Waals surface area (Å²) in [4.78, 5) is 27.5. The summed E-state index contributed by atoms with van der Waals surface area (Å²) in [5.74, 6) is 0. The van der Waals surface area contributed by atoms with Gasteiger partial charge in [0.15, 0.2) is 0 Å². The quantitative estimate of drug-likeness (QED) is 0.336. The molecule has 0 saturated heterocycles. The SMILES string of the molecule is Cc1cc(C)c(C(=O)P(=O)(OCCc2ccccc2)C(=O)c2c(C)cc(C)cc2C)c(C)c1. The lowest BCUT2D eigenvalue weighted by Gasteiger charge is -2.21. The lowest BCUT2D eigenvalue weighted by atomic mass is 10.0. The van der Waals surface area contributed by atoms with Crippen LogP contribution in [0.3, 0.4) is 0 Å². The summed E-state index contributed by atoms with van der Waals surface area (Å²) in [6.07, 6.45) is 0.448. The highest BCUT2D eigenvalue weighted by Gasteiger charge is 2.44. The van der Waals surface area contributed by atoms with Crippen molar-refractivity contribution >= 4 is 18.4 Å². The summed E-state index contributed by atoms with van der Waals surface area (Å²) in [6, 6.07) is 17.0. The standard InChI is InChI=1S/C28H31O4P/c1-18-14-20(3)25(21(4)15-18)27(29)33(31,32-13-12-24-10-8-7-9-11-24)28(30)26-22(5)16-19(2)17-23(26)6/h7-11,14-17H,12-13H2,1-6H3. The number of benzene rings is 3. The maximum Gasteiger partial charge on any atom is 0.340 e. The topological polar surface area (TPSA) is 60.4 Å². The minimum Gasteiger partial charge on any atom is -0.317 e. The zero-order chi connectivity index (χ0) is 24.3. The highest BCUT2D eigenvalue weighted by atomic mass is 31.2. The number of hydrogen-bond acceptors (Lipinski definition) is 4. The smallest absolute Gasteiger partial charge is 0.317 e. The zero-order valence-corrected chi connectivity index (χ0v) is 21.1. The summed E-state index contributed by atoms with van der Waals surface area (Å²) >= 11 is 0. The van der Waals surface area contributed by atoms with Gasteiger partial charge < -0.3 is 4.52 Å². The monoisotopic (exact) mass is 462 g/mol. The Balaban J connectivity index is 2.07. The first-order valence-electron chi connectivity index (χ1n) is 11.1. The molecule has 33 heavy (non-hydrogen) atoms. The molecule has 5 heteroatoms. The Morgan fingerprint density at radius 1 is 0.697 bits per heavy atom. The number of carbonyl (C=O) groups excluding carboxylic acids is 2. The highest BCUT2D eigenvalue weighted by Crippen LogP contribution is 2.54. The predicted octanol–water partition coefficient (Wildman–Crippen LogP) is 7.06. The molecule has 0 atom stereocenters. The van der Waals surface area contributed by atoms with Gasteiger partial charge in [0.05, 0.1) is 6.61 Å². The summed E-state index contributed by atoms with van der Waals surface area (Å²) in [5, 5.41) is 0. The molecule has 0 N–H and O–H groups in total. The van der Waals surface area contributed by atoms with Crippen molar-refractivity contribution in [1.82, 2.24) is 0 Å². The molecule has 0 spiro atoms. The van der Waals surface area contributed by atoms with Crippen LogP contribution in [0.2, 0.25) is 0 Å². The van der Waals surface area contributed by atoms with Crippen molar-refractivity contribution < 1.29 is 18.7 Å². The van der Waals surface area contributed by atoms with Crippen molar-refractivity contribution in [3.8, 4) is 0 Å². The van der Waals surface area contributed by atoms with E-state index in [1.54, 1.807) is 27.7 Å². The van der Waals surface area contributed by atoms with Gasteiger partial charge >= 0.3 is 7.37 Å². The summed E-state index contributed by atoms with van der Waals surface area (Å²) in [7, 11) is -4.40. The van der Waals surface area contributed by atoms with E-state index in [0.29, 0.717) is 39.8 Å². The van der Waals surface area contributed by atoms with E-state index < -0.39 is 18.4 Å². The fraction of sp³-hybridized carbons (Fsp3) is 0.286. The van der Waals surface area contributed by atoms with Crippen LogP contribution in [0.1, 0.15) is 59.7 Å².